The van der Waals surface area contributed by atoms with Crippen LogP contribution in [-0.2, 0) is 9.59 Å². The number of urea groups is 1. The van der Waals surface area contributed by atoms with Gasteiger partial charge < -0.3 is 21.1 Å². The van der Waals surface area contributed by atoms with Gasteiger partial charge in [0.25, 0.3) is 0 Å². The lowest BCUT2D eigenvalue weighted by atomic mass is 10.1. The molecule has 19 heavy (non-hydrogen) atoms. The number of nitrogens with two attached hydrogens (primary N) is 1. The Balaban J connectivity index is 2.72. The first kappa shape index (κ1) is 15.6. The molecule has 1 rings (SSSR count). The van der Waals surface area contributed by atoms with Crippen LogP contribution < -0.4 is 11.1 Å². The average molecular weight is 289 g/mol. The number of carboxylic acids is 1. The Kier molecular flexibility index (Phi) is 5.04. The van der Waals surface area contributed by atoms with E-state index >= 15 is 0 Å². The number of nitrogens with zero attached hydrogens (tertiary/aromatic N) is 1. The van der Waals surface area contributed by atoms with Crippen molar-refractivity contribution >= 4 is 29.7 Å². The molecule has 0 spiro atoms. The number of carbonyl (C=O) groups excluding carboxylic acids is 2. The standard InChI is InChI=1S/C11H19N3O4S/c1-11(2,9(12)17)13-10(18)14-3-4-19-6-7(14)5-8(15)16/h7H,3-6H2,1-2H3,(H2,12,17)(H,13,18)(H,15,16). The Morgan fingerprint density at radius 3 is 2.63 bits per heavy atom. The molecule has 0 aromatic heterocycles. The van der Waals surface area contributed by atoms with Crippen molar-refractivity contribution in [3.8, 4) is 0 Å². The summed E-state index contributed by atoms with van der Waals surface area (Å²) in [7, 11) is 0. The summed E-state index contributed by atoms with van der Waals surface area (Å²) in [5.74, 6) is -0.251. The molecular formula is C11H19N3O4S. The zero-order valence-electron chi connectivity index (χ0n) is 11.0. The highest BCUT2D eigenvalue weighted by Gasteiger charge is 2.33. The highest BCUT2D eigenvalue weighted by molar-refractivity contribution is 7.99. The molecular weight excluding hydrogens is 270 g/mol. The maximum atomic E-state index is 12.1. The van der Waals surface area contributed by atoms with Gasteiger partial charge in [-0.3, -0.25) is 9.59 Å². The summed E-state index contributed by atoms with van der Waals surface area (Å²) < 4.78 is 0. The molecule has 0 bridgehead atoms. The summed E-state index contributed by atoms with van der Waals surface area (Å²) in [6, 6.07) is -0.810. The summed E-state index contributed by atoms with van der Waals surface area (Å²) in [4.78, 5) is 35.6. The van der Waals surface area contributed by atoms with Gasteiger partial charge in [0.2, 0.25) is 5.91 Å². The van der Waals surface area contributed by atoms with Crippen LogP contribution >= 0.6 is 11.8 Å². The van der Waals surface area contributed by atoms with Gasteiger partial charge in [-0.2, -0.15) is 11.8 Å². The number of hydrogen-bond acceptors (Lipinski definition) is 4. The number of hydrogen-bond donors (Lipinski definition) is 3. The summed E-state index contributed by atoms with van der Waals surface area (Å²) in [6.45, 7) is 3.49. The molecule has 8 heteroatoms. The molecule has 0 saturated carbocycles. The molecule has 1 fully saturated rings. The van der Waals surface area contributed by atoms with E-state index in [1.54, 1.807) is 11.8 Å². The van der Waals surface area contributed by atoms with Crippen LogP contribution in [0, 0.1) is 0 Å². The number of carboxylic acid groups (broad SMARTS) is 1. The van der Waals surface area contributed by atoms with Crippen LogP contribution in [0.4, 0.5) is 4.79 Å². The third-order valence-corrected chi connectivity index (χ3v) is 4.03. The molecule has 7 nitrogen and oxygen atoms in total. The maximum Gasteiger partial charge on any atom is 0.318 e. The minimum atomic E-state index is -1.16. The number of nitrogens with one attached hydrogen (secondary N) is 1. The largest absolute Gasteiger partial charge is 0.481 e. The quantitative estimate of drug-likeness (QED) is 0.666. The highest BCUT2D eigenvalue weighted by Crippen LogP contribution is 2.19. The van der Waals surface area contributed by atoms with Crippen molar-refractivity contribution in [3.63, 3.8) is 0 Å². The second-order valence-corrected chi connectivity index (χ2v) is 6.09. The Morgan fingerprint density at radius 2 is 2.11 bits per heavy atom. The lowest BCUT2D eigenvalue weighted by Crippen LogP contribution is -2.59. The fraction of sp³-hybridized carbons (Fsp3) is 0.727. The van der Waals surface area contributed by atoms with Gasteiger partial charge in [-0.25, -0.2) is 4.79 Å². The first-order chi connectivity index (χ1) is 8.74. The third kappa shape index (κ3) is 4.30. The molecule has 0 radical (unpaired) electrons. The SMILES string of the molecule is CC(C)(NC(=O)N1CCSCC1CC(=O)O)C(N)=O. The van der Waals surface area contributed by atoms with Gasteiger partial charge in [-0.1, -0.05) is 0 Å². The fourth-order valence-corrected chi connectivity index (χ4v) is 2.76. The lowest BCUT2D eigenvalue weighted by Gasteiger charge is -2.36. The average Bonchev–Trinajstić information content (AvgIpc) is 2.27. The minimum absolute atomic E-state index is 0.0998. The molecule has 1 aliphatic rings. The van der Waals surface area contributed by atoms with Crippen molar-refractivity contribution in [2.24, 2.45) is 5.73 Å². The van der Waals surface area contributed by atoms with E-state index in [1.807, 2.05) is 0 Å². The van der Waals surface area contributed by atoms with E-state index in [4.69, 9.17) is 10.8 Å². The van der Waals surface area contributed by atoms with Crippen molar-refractivity contribution in [3.05, 3.63) is 0 Å². The molecule has 1 atom stereocenters. The number of rotatable bonds is 4. The fourth-order valence-electron chi connectivity index (χ4n) is 1.69. The van der Waals surface area contributed by atoms with Crippen LogP contribution in [0.1, 0.15) is 20.3 Å². The molecule has 1 heterocycles. The predicted molar refractivity (Wildman–Crippen MR) is 71.9 cm³/mol. The van der Waals surface area contributed by atoms with Crippen molar-refractivity contribution in [2.45, 2.75) is 31.8 Å². The number of aliphatic carboxylic acids is 1. The Hall–Kier alpha value is -1.44. The maximum absolute atomic E-state index is 12.1. The van der Waals surface area contributed by atoms with E-state index in [2.05, 4.69) is 5.32 Å². The van der Waals surface area contributed by atoms with E-state index in [0.29, 0.717) is 12.3 Å². The molecule has 1 aliphatic heterocycles. The van der Waals surface area contributed by atoms with Gasteiger partial charge in [0.15, 0.2) is 0 Å². The first-order valence-electron chi connectivity index (χ1n) is 5.92. The van der Waals surface area contributed by atoms with Crippen molar-refractivity contribution < 1.29 is 19.5 Å². The van der Waals surface area contributed by atoms with Gasteiger partial charge in [-0.05, 0) is 13.8 Å². The third-order valence-electron chi connectivity index (χ3n) is 2.93. The van der Waals surface area contributed by atoms with Crippen LogP contribution in [0.2, 0.25) is 0 Å². The van der Waals surface area contributed by atoms with Crippen LogP contribution in [0.25, 0.3) is 0 Å². The van der Waals surface area contributed by atoms with E-state index in [1.165, 1.54) is 18.7 Å². The van der Waals surface area contributed by atoms with Crippen molar-refractivity contribution in [1.82, 2.24) is 10.2 Å². The predicted octanol–water partition coefficient (Wildman–Crippen LogP) is -0.148. The number of carbonyl (C=O) groups is 3. The number of thioether (sulfide) groups is 1. The van der Waals surface area contributed by atoms with Crippen molar-refractivity contribution in [1.29, 1.82) is 0 Å². The number of amides is 3. The molecule has 0 aromatic carbocycles. The summed E-state index contributed by atoms with van der Waals surface area (Å²) in [6.07, 6.45) is -0.0998. The molecule has 1 unspecified atom stereocenters. The normalized spacial score (nSPS) is 19.9. The van der Waals surface area contributed by atoms with E-state index in [-0.39, 0.29) is 12.5 Å². The molecule has 108 valence electrons. The van der Waals surface area contributed by atoms with E-state index in [9.17, 15) is 14.4 Å². The van der Waals surface area contributed by atoms with Gasteiger partial charge in [0.1, 0.15) is 5.54 Å². The zero-order valence-corrected chi connectivity index (χ0v) is 11.8. The molecule has 0 aliphatic carbocycles. The topological polar surface area (TPSA) is 113 Å². The molecule has 1 saturated heterocycles. The van der Waals surface area contributed by atoms with Crippen LogP contribution in [0.5, 0.6) is 0 Å². The van der Waals surface area contributed by atoms with Crippen LogP contribution in [-0.4, -0.2) is 57.5 Å². The monoisotopic (exact) mass is 289 g/mol. The Bertz CT molecular complexity index is 386. The molecule has 4 N–H and O–H groups in total. The summed E-state index contributed by atoms with van der Waals surface area (Å²) in [5.41, 5.74) is 4.04. The van der Waals surface area contributed by atoms with E-state index in [0.717, 1.165) is 5.75 Å². The zero-order chi connectivity index (χ0) is 14.6. The Labute approximate surface area is 115 Å². The Morgan fingerprint density at radius 1 is 1.47 bits per heavy atom. The second kappa shape index (κ2) is 6.14. The van der Waals surface area contributed by atoms with Crippen LogP contribution in [0.15, 0.2) is 0 Å². The van der Waals surface area contributed by atoms with Crippen LogP contribution in [0.3, 0.4) is 0 Å². The van der Waals surface area contributed by atoms with Gasteiger partial charge >= 0.3 is 12.0 Å². The molecule has 3 amide bonds. The summed E-state index contributed by atoms with van der Waals surface area (Å²) >= 11 is 1.61. The minimum Gasteiger partial charge on any atom is -0.481 e. The van der Waals surface area contributed by atoms with E-state index < -0.39 is 23.4 Å². The number of primary amides is 1. The van der Waals surface area contributed by atoms with Gasteiger partial charge in [-0.15, -0.1) is 0 Å². The highest BCUT2D eigenvalue weighted by atomic mass is 32.2. The summed E-state index contributed by atoms with van der Waals surface area (Å²) in [5, 5.41) is 11.4. The lowest BCUT2D eigenvalue weighted by molar-refractivity contribution is -0.138. The van der Waals surface area contributed by atoms with Gasteiger partial charge in [0.05, 0.1) is 12.5 Å². The second-order valence-electron chi connectivity index (χ2n) is 4.94. The van der Waals surface area contributed by atoms with Crippen molar-refractivity contribution in [2.75, 3.05) is 18.1 Å². The van der Waals surface area contributed by atoms with Gasteiger partial charge in [0, 0.05) is 18.1 Å². The smallest absolute Gasteiger partial charge is 0.318 e. The first-order valence-corrected chi connectivity index (χ1v) is 7.07. The molecule has 0 aromatic rings.